The Bertz CT molecular complexity index is 1640. The van der Waals surface area contributed by atoms with E-state index in [4.69, 9.17) is 14.5 Å². The van der Waals surface area contributed by atoms with Crippen molar-refractivity contribution in [1.29, 1.82) is 0 Å². The maximum Gasteiger partial charge on any atom is 0.226 e. The summed E-state index contributed by atoms with van der Waals surface area (Å²) in [6.45, 7) is 3.71. The van der Waals surface area contributed by atoms with E-state index in [1.54, 1.807) is 36.9 Å². The number of para-hydroxylation sites is 1. The summed E-state index contributed by atoms with van der Waals surface area (Å²) >= 11 is 3.34. The Morgan fingerprint density at radius 2 is 2.05 bits per heavy atom. The van der Waals surface area contributed by atoms with Crippen LogP contribution in [0.3, 0.4) is 0 Å². The van der Waals surface area contributed by atoms with Gasteiger partial charge in [-0.05, 0) is 48.4 Å². The summed E-state index contributed by atoms with van der Waals surface area (Å²) in [6, 6.07) is 14.6. The summed E-state index contributed by atoms with van der Waals surface area (Å²) < 4.78 is 11.7. The van der Waals surface area contributed by atoms with Crippen LogP contribution in [0.25, 0.3) is 42.9 Å². The largest absolute Gasteiger partial charge is 0.495 e. The molecular weight excluding hydrogens is 530 g/mol. The number of carbonyl (C=O) groups is 1. The van der Waals surface area contributed by atoms with Gasteiger partial charge in [0.25, 0.3) is 0 Å². The van der Waals surface area contributed by atoms with Crippen molar-refractivity contribution in [3.63, 3.8) is 0 Å². The van der Waals surface area contributed by atoms with Gasteiger partial charge in [0.05, 0.1) is 29.5 Å². The molecule has 0 saturated carbocycles. The number of carbonyl (C=O) groups excluding carboxylic acids is 1. The predicted octanol–water partition coefficient (Wildman–Crippen LogP) is 5.39. The zero-order valence-electron chi connectivity index (χ0n) is 22.0. The van der Waals surface area contributed by atoms with Crippen LogP contribution in [0.15, 0.2) is 42.5 Å². The lowest BCUT2D eigenvalue weighted by atomic mass is 10.0. The van der Waals surface area contributed by atoms with E-state index >= 15 is 0 Å². The Balaban J connectivity index is 1.30. The molecule has 4 heterocycles. The molecule has 39 heavy (non-hydrogen) atoms. The topological polar surface area (TPSA) is 100 Å². The number of benzene rings is 2. The molecule has 3 aromatic heterocycles. The number of ether oxygens (including phenoxy) is 2. The van der Waals surface area contributed by atoms with Crippen molar-refractivity contribution in [3.05, 3.63) is 52.9 Å². The first-order valence-electron chi connectivity index (χ1n) is 13.1. The van der Waals surface area contributed by atoms with E-state index in [0.717, 1.165) is 79.8 Å². The van der Waals surface area contributed by atoms with Gasteiger partial charge in [-0.2, -0.15) is 0 Å². The molecular formula is C29H31N5O3S2. The minimum atomic E-state index is 0.00496. The van der Waals surface area contributed by atoms with E-state index in [0.29, 0.717) is 19.6 Å². The van der Waals surface area contributed by atoms with Crippen LogP contribution in [0, 0.1) is 0 Å². The second kappa shape index (κ2) is 11.4. The molecule has 1 aliphatic heterocycles. The number of aromatic amines is 1. The van der Waals surface area contributed by atoms with E-state index in [1.807, 2.05) is 12.1 Å². The highest BCUT2D eigenvalue weighted by Gasteiger charge is 2.25. The van der Waals surface area contributed by atoms with Crippen LogP contribution in [-0.4, -0.2) is 56.3 Å². The number of hydrogen-bond donors (Lipinski definition) is 4. The highest BCUT2D eigenvalue weighted by atomic mass is 32.1. The third kappa shape index (κ3) is 5.30. The number of nitrogens with zero attached hydrogens (tertiary/aromatic N) is 1. The molecule has 0 bridgehead atoms. The van der Waals surface area contributed by atoms with Gasteiger partial charge in [-0.1, -0.05) is 18.2 Å². The lowest BCUT2D eigenvalue weighted by Crippen LogP contribution is -2.24. The number of hydrogen-bond acceptors (Lipinski definition) is 8. The second-order valence-electron chi connectivity index (χ2n) is 9.48. The molecule has 10 heteroatoms. The number of fused-ring (bicyclic) bond motifs is 3. The SMILES string of the molecule is COCCNCCC(=O)Nc1sc2c(c1-c1nc3ccc(-c4cc5cccc(OC)c5[nH]4)cc3s1)CCNC2. The molecule has 4 N–H and O–H groups in total. The van der Waals surface area contributed by atoms with Gasteiger partial charge in [-0.15, -0.1) is 22.7 Å². The fourth-order valence-corrected chi connectivity index (χ4v) is 7.38. The molecule has 1 aliphatic rings. The van der Waals surface area contributed by atoms with Gasteiger partial charge in [-0.3, -0.25) is 4.79 Å². The van der Waals surface area contributed by atoms with Crippen molar-refractivity contribution >= 4 is 54.7 Å². The number of H-pyrrole nitrogens is 1. The average Bonchev–Trinajstić information content (AvgIpc) is 3.66. The molecule has 0 saturated heterocycles. The number of amides is 1. The van der Waals surface area contributed by atoms with E-state index in [2.05, 4.69) is 51.3 Å². The van der Waals surface area contributed by atoms with E-state index < -0.39 is 0 Å². The quantitative estimate of drug-likeness (QED) is 0.171. The molecule has 1 amide bonds. The number of anilines is 1. The van der Waals surface area contributed by atoms with Crippen LogP contribution in [0.5, 0.6) is 5.75 Å². The third-order valence-corrected chi connectivity index (χ3v) is 9.13. The molecule has 202 valence electrons. The molecule has 0 unspecified atom stereocenters. The first kappa shape index (κ1) is 26.0. The first-order chi connectivity index (χ1) is 19.1. The van der Waals surface area contributed by atoms with E-state index in [-0.39, 0.29) is 5.91 Å². The average molecular weight is 562 g/mol. The molecule has 0 spiro atoms. The lowest BCUT2D eigenvalue weighted by molar-refractivity contribution is -0.116. The van der Waals surface area contributed by atoms with Crippen LogP contribution >= 0.6 is 22.7 Å². The van der Waals surface area contributed by atoms with Crippen LogP contribution in [0.4, 0.5) is 5.00 Å². The van der Waals surface area contributed by atoms with Gasteiger partial charge in [0.15, 0.2) is 0 Å². The second-order valence-corrected chi connectivity index (χ2v) is 11.6. The van der Waals surface area contributed by atoms with Crippen molar-refractivity contribution < 1.29 is 14.3 Å². The normalized spacial score (nSPS) is 13.2. The van der Waals surface area contributed by atoms with Crippen LogP contribution < -0.4 is 20.7 Å². The van der Waals surface area contributed by atoms with Gasteiger partial charge >= 0.3 is 0 Å². The van der Waals surface area contributed by atoms with Crippen molar-refractivity contribution in [3.8, 4) is 27.6 Å². The number of aromatic nitrogens is 2. The zero-order valence-corrected chi connectivity index (χ0v) is 23.6. The minimum Gasteiger partial charge on any atom is -0.495 e. The minimum absolute atomic E-state index is 0.00496. The molecule has 8 nitrogen and oxygen atoms in total. The molecule has 0 fully saturated rings. The molecule has 2 aromatic carbocycles. The predicted molar refractivity (Wildman–Crippen MR) is 160 cm³/mol. The highest BCUT2D eigenvalue weighted by molar-refractivity contribution is 7.23. The van der Waals surface area contributed by atoms with Crippen molar-refractivity contribution in [2.24, 2.45) is 0 Å². The van der Waals surface area contributed by atoms with E-state index in [9.17, 15) is 4.79 Å². The number of thiazole rings is 1. The van der Waals surface area contributed by atoms with Crippen LogP contribution in [-0.2, 0) is 22.5 Å². The number of nitrogens with one attached hydrogen (secondary N) is 4. The summed E-state index contributed by atoms with van der Waals surface area (Å²) in [6.07, 6.45) is 1.33. The fraction of sp³-hybridized carbons (Fsp3) is 0.310. The number of rotatable bonds is 10. The van der Waals surface area contributed by atoms with Crippen LogP contribution in [0.1, 0.15) is 16.9 Å². The van der Waals surface area contributed by atoms with Crippen LogP contribution in [0.2, 0.25) is 0 Å². The standard InChI is InChI=1S/C29H31N5O3S2/c1-36-13-12-30-11-9-25(35)34-29-26(19-8-10-31-16-24(19)39-29)28-33-20-7-6-17(15-23(20)38-28)21-14-18-4-3-5-22(37-2)27(18)32-21/h3-7,14-15,30-32H,8-13,16H2,1-2H3,(H,34,35). The zero-order chi connectivity index (χ0) is 26.8. The fourth-order valence-electron chi connectivity index (χ4n) is 4.99. The number of methoxy groups -OCH3 is 2. The molecule has 0 radical (unpaired) electrons. The Morgan fingerprint density at radius 3 is 2.92 bits per heavy atom. The Morgan fingerprint density at radius 1 is 1.13 bits per heavy atom. The smallest absolute Gasteiger partial charge is 0.226 e. The number of thiophene rings is 1. The van der Waals surface area contributed by atoms with Crippen molar-refractivity contribution in [1.82, 2.24) is 20.6 Å². The maximum atomic E-state index is 12.8. The third-order valence-electron chi connectivity index (χ3n) is 6.94. The molecule has 5 aromatic rings. The first-order valence-corrected chi connectivity index (χ1v) is 14.7. The van der Waals surface area contributed by atoms with Crippen molar-refractivity contribution in [2.75, 3.05) is 45.8 Å². The Labute approximate surface area is 234 Å². The summed E-state index contributed by atoms with van der Waals surface area (Å²) in [5, 5.41) is 12.9. The summed E-state index contributed by atoms with van der Waals surface area (Å²) in [5.41, 5.74) is 6.47. The summed E-state index contributed by atoms with van der Waals surface area (Å²) in [7, 11) is 3.36. The lowest BCUT2D eigenvalue weighted by Gasteiger charge is -2.13. The summed E-state index contributed by atoms with van der Waals surface area (Å²) in [4.78, 5) is 22.6. The van der Waals surface area contributed by atoms with Crippen molar-refractivity contribution in [2.45, 2.75) is 19.4 Å². The molecule has 0 atom stereocenters. The monoisotopic (exact) mass is 561 g/mol. The van der Waals surface area contributed by atoms with E-state index in [1.165, 1.54) is 10.4 Å². The summed E-state index contributed by atoms with van der Waals surface area (Å²) in [5.74, 6) is 0.835. The van der Waals surface area contributed by atoms with Gasteiger partial charge in [-0.25, -0.2) is 4.98 Å². The Kier molecular flexibility index (Phi) is 7.62. The van der Waals surface area contributed by atoms with Gasteiger partial charge in [0.1, 0.15) is 15.8 Å². The maximum absolute atomic E-state index is 12.8. The highest BCUT2D eigenvalue weighted by Crippen LogP contribution is 2.45. The molecule has 0 aliphatic carbocycles. The Hall–Kier alpha value is -3.28. The van der Waals surface area contributed by atoms with Gasteiger partial charge < -0.3 is 30.4 Å². The van der Waals surface area contributed by atoms with Gasteiger partial charge in [0, 0.05) is 54.7 Å². The van der Waals surface area contributed by atoms with Gasteiger partial charge in [0.2, 0.25) is 5.91 Å². The molecule has 6 rings (SSSR count).